The summed E-state index contributed by atoms with van der Waals surface area (Å²) in [5.74, 6) is 0.560. The predicted molar refractivity (Wildman–Crippen MR) is 96.3 cm³/mol. The fraction of sp³-hybridized carbons (Fsp3) is 0.200. The van der Waals surface area contributed by atoms with Crippen LogP contribution in [0.3, 0.4) is 0 Å². The lowest BCUT2D eigenvalue weighted by Gasteiger charge is -2.08. The van der Waals surface area contributed by atoms with Crippen LogP contribution in [0.4, 0.5) is 0 Å². The number of aryl methyl sites for hydroxylation is 1. The lowest BCUT2D eigenvalue weighted by Crippen LogP contribution is -2.28. The van der Waals surface area contributed by atoms with Crippen molar-refractivity contribution in [3.05, 3.63) is 83.7 Å². The van der Waals surface area contributed by atoms with Gasteiger partial charge in [0.05, 0.1) is 6.54 Å². The zero-order chi connectivity index (χ0) is 17.5. The van der Waals surface area contributed by atoms with Gasteiger partial charge < -0.3 is 10.1 Å². The van der Waals surface area contributed by atoms with Crippen LogP contribution in [0.25, 0.3) is 0 Å². The summed E-state index contributed by atoms with van der Waals surface area (Å²) in [6, 6.07) is 17.7. The number of amides is 1. The molecule has 0 aliphatic heterocycles. The van der Waals surface area contributed by atoms with E-state index in [0.717, 1.165) is 17.7 Å². The summed E-state index contributed by atoms with van der Waals surface area (Å²) < 4.78 is 7.34. The number of aromatic nitrogens is 2. The van der Waals surface area contributed by atoms with Gasteiger partial charge in [0, 0.05) is 18.9 Å². The molecule has 1 amide bonds. The maximum Gasteiger partial charge on any atom is 0.258 e. The molecule has 1 heterocycles. The van der Waals surface area contributed by atoms with Crippen molar-refractivity contribution in [2.24, 2.45) is 0 Å². The summed E-state index contributed by atoms with van der Waals surface area (Å²) in [6.45, 7) is 3.25. The Morgan fingerprint density at radius 3 is 2.48 bits per heavy atom. The maximum atomic E-state index is 11.9. The number of benzene rings is 2. The van der Waals surface area contributed by atoms with Gasteiger partial charge in [-0.15, -0.1) is 0 Å². The Morgan fingerprint density at radius 2 is 1.80 bits per heavy atom. The van der Waals surface area contributed by atoms with E-state index < -0.39 is 0 Å². The number of nitrogens with one attached hydrogen (secondary N) is 1. The molecule has 0 saturated carbocycles. The third-order valence-electron chi connectivity index (χ3n) is 3.81. The normalized spacial score (nSPS) is 10.4. The fourth-order valence-electron chi connectivity index (χ4n) is 2.38. The van der Waals surface area contributed by atoms with Crippen molar-refractivity contribution in [3.63, 3.8) is 0 Å². The van der Waals surface area contributed by atoms with Gasteiger partial charge in [0.25, 0.3) is 5.91 Å². The molecule has 2 aromatic carbocycles. The first-order valence-electron chi connectivity index (χ1n) is 8.20. The predicted octanol–water partition coefficient (Wildman–Crippen LogP) is 2.94. The molecule has 0 aliphatic rings. The van der Waals surface area contributed by atoms with Crippen LogP contribution in [0.5, 0.6) is 5.75 Å². The summed E-state index contributed by atoms with van der Waals surface area (Å²) in [7, 11) is 0. The summed E-state index contributed by atoms with van der Waals surface area (Å²) in [5, 5.41) is 7.05. The molecular weight excluding hydrogens is 314 g/mol. The van der Waals surface area contributed by atoms with Crippen LogP contribution in [0, 0.1) is 6.92 Å². The Bertz CT molecular complexity index is 794. The van der Waals surface area contributed by atoms with Gasteiger partial charge in [-0.2, -0.15) is 5.10 Å². The zero-order valence-corrected chi connectivity index (χ0v) is 14.2. The topological polar surface area (TPSA) is 56.1 Å². The standard InChI is InChI=1S/C20H21N3O2/c1-16-3-9-19(10-4-16)25-15-20(24)21-13-17-5-7-18(8-6-17)14-23-12-2-11-22-23/h2-12H,13-15H2,1H3,(H,21,24). The van der Waals surface area contributed by atoms with Crippen molar-refractivity contribution in [1.29, 1.82) is 0 Å². The summed E-state index contributed by atoms with van der Waals surface area (Å²) in [6.07, 6.45) is 3.70. The Morgan fingerprint density at radius 1 is 1.08 bits per heavy atom. The second kappa shape index (κ2) is 8.15. The summed E-state index contributed by atoms with van der Waals surface area (Å²) in [4.78, 5) is 11.9. The molecule has 1 N–H and O–H groups in total. The molecule has 3 rings (SSSR count). The highest BCUT2D eigenvalue weighted by Gasteiger charge is 2.03. The van der Waals surface area contributed by atoms with Gasteiger partial charge in [-0.05, 0) is 36.2 Å². The number of hydrogen-bond donors (Lipinski definition) is 1. The fourth-order valence-corrected chi connectivity index (χ4v) is 2.38. The number of carbonyl (C=O) groups excluding carboxylic acids is 1. The third-order valence-corrected chi connectivity index (χ3v) is 3.81. The van der Waals surface area contributed by atoms with E-state index in [-0.39, 0.29) is 12.5 Å². The van der Waals surface area contributed by atoms with E-state index in [1.807, 2.05) is 72.4 Å². The molecule has 0 unspecified atom stereocenters. The molecule has 5 nitrogen and oxygen atoms in total. The summed E-state index contributed by atoms with van der Waals surface area (Å²) >= 11 is 0. The van der Waals surface area contributed by atoms with Crippen LogP contribution in [-0.2, 0) is 17.9 Å². The SMILES string of the molecule is Cc1ccc(OCC(=O)NCc2ccc(Cn3cccn3)cc2)cc1. The van der Waals surface area contributed by atoms with Crippen molar-refractivity contribution in [2.75, 3.05) is 6.61 Å². The Hall–Kier alpha value is -3.08. The molecule has 0 saturated heterocycles. The first-order valence-corrected chi connectivity index (χ1v) is 8.20. The second-order valence-electron chi connectivity index (χ2n) is 5.90. The molecule has 3 aromatic rings. The molecule has 0 radical (unpaired) electrons. The Kier molecular flexibility index (Phi) is 5.46. The number of nitrogens with zero attached hydrogens (tertiary/aromatic N) is 2. The Balaban J connectivity index is 1.43. The number of carbonyl (C=O) groups is 1. The minimum atomic E-state index is -0.138. The minimum absolute atomic E-state index is 0.0143. The molecule has 0 spiro atoms. The van der Waals surface area contributed by atoms with Crippen molar-refractivity contribution >= 4 is 5.91 Å². The van der Waals surface area contributed by atoms with Crippen molar-refractivity contribution in [1.82, 2.24) is 15.1 Å². The van der Waals surface area contributed by atoms with E-state index in [2.05, 4.69) is 10.4 Å². The highest BCUT2D eigenvalue weighted by atomic mass is 16.5. The van der Waals surface area contributed by atoms with Crippen molar-refractivity contribution < 1.29 is 9.53 Å². The van der Waals surface area contributed by atoms with Crippen molar-refractivity contribution in [2.45, 2.75) is 20.0 Å². The number of ether oxygens (including phenoxy) is 1. The van der Waals surface area contributed by atoms with E-state index in [0.29, 0.717) is 12.3 Å². The van der Waals surface area contributed by atoms with Gasteiger partial charge in [0.15, 0.2) is 6.61 Å². The molecule has 1 aromatic heterocycles. The van der Waals surface area contributed by atoms with E-state index in [1.54, 1.807) is 6.20 Å². The molecular formula is C20H21N3O2. The molecule has 0 fully saturated rings. The molecule has 128 valence electrons. The van der Waals surface area contributed by atoms with Crippen LogP contribution in [0.15, 0.2) is 67.0 Å². The smallest absolute Gasteiger partial charge is 0.258 e. The molecule has 0 bridgehead atoms. The number of hydrogen-bond acceptors (Lipinski definition) is 3. The van der Waals surface area contributed by atoms with Crippen LogP contribution < -0.4 is 10.1 Å². The largest absolute Gasteiger partial charge is 0.484 e. The third kappa shape index (κ3) is 5.21. The van der Waals surface area contributed by atoms with Crippen LogP contribution >= 0.6 is 0 Å². The van der Waals surface area contributed by atoms with Gasteiger partial charge in [-0.25, -0.2) is 0 Å². The second-order valence-corrected chi connectivity index (χ2v) is 5.90. The molecule has 0 aliphatic carbocycles. The van der Waals surface area contributed by atoms with Gasteiger partial charge >= 0.3 is 0 Å². The highest BCUT2D eigenvalue weighted by Crippen LogP contribution is 2.11. The van der Waals surface area contributed by atoms with Gasteiger partial charge in [-0.1, -0.05) is 42.0 Å². The molecule has 0 atom stereocenters. The van der Waals surface area contributed by atoms with E-state index in [1.165, 1.54) is 5.56 Å². The minimum Gasteiger partial charge on any atom is -0.484 e. The average Bonchev–Trinajstić information content (AvgIpc) is 3.14. The molecule has 5 heteroatoms. The zero-order valence-electron chi connectivity index (χ0n) is 14.2. The van der Waals surface area contributed by atoms with Crippen LogP contribution in [-0.4, -0.2) is 22.3 Å². The quantitative estimate of drug-likeness (QED) is 0.722. The van der Waals surface area contributed by atoms with Gasteiger partial charge in [0.1, 0.15) is 5.75 Å². The lowest BCUT2D eigenvalue weighted by atomic mass is 10.1. The van der Waals surface area contributed by atoms with Crippen molar-refractivity contribution in [3.8, 4) is 5.75 Å². The highest BCUT2D eigenvalue weighted by molar-refractivity contribution is 5.77. The summed E-state index contributed by atoms with van der Waals surface area (Å²) in [5.41, 5.74) is 3.38. The first kappa shape index (κ1) is 16.8. The van der Waals surface area contributed by atoms with Crippen LogP contribution in [0.1, 0.15) is 16.7 Å². The maximum absolute atomic E-state index is 11.9. The Labute approximate surface area is 147 Å². The monoisotopic (exact) mass is 335 g/mol. The molecule has 25 heavy (non-hydrogen) atoms. The van der Waals surface area contributed by atoms with E-state index >= 15 is 0 Å². The average molecular weight is 335 g/mol. The van der Waals surface area contributed by atoms with Crippen LogP contribution in [0.2, 0.25) is 0 Å². The number of rotatable bonds is 7. The first-order chi connectivity index (χ1) is 12.2. The van der Waals surface area contributed by atoms with E-state index in [9.17, 15) is 4.79 Å². The van der Waals surface area contributed by atoms with Gasteiger partial charge in [-0.3, -0.25) is 9.48 Å². The van der Waals surface area contributed by atoms with E-state index in [4.69, 9.17) is 4.74 Å². The lowest BCUT2D eigenvalue weighted by molar-refractivity contribution is -0.123. The van der Waals surface area contributed by atoms with Gasteiger partial charge in [0.2, 0.25) is 0 Å².